The van der Waals surface area contributed by atoms with Gasteiger partial charge in [-0.25, -0.2) is 8.42 Å². The van der Waals surface area contributed by atoms with Crippen molar-refractivity contribution in [1.82, 2.24) is 0 Å². The van der Waals surface area contributed by atoms with Gasteiger partial charge in [-0.1, -0.05) is 29.8 Å². The van der Waals surface area contributed by atoms with Gasteiger partial charge in [-0.15, -0.1) is 0 Å². The highest BCUT2D eigenvalue weighted by Gasteiger charge is 2.20. The zero-order valence-corrected chi connectivity index (χ0v) is 12.9. The van der Waals surface area contributed by atoms with Crippen molar-refractivity contribution in [2.75, 3.05) is 11.8 Å². The molecule has 0 spiro atoms. The zero-order chi connectivity index (χ0) is 15.5. The van der Waals surface area contributed by atoms with Gasteiger partial charge in [0, 0.05) is 6.54 Å². The molecule has 0 fully saturated rings. The lowest BCUT2D eigenvalue weighted by Gasteiger charge is -2.13. The first-order valence-corrected chi connectivity index (χ1v) is 7.98. The Morgan fingerprint density at radius 2 is 1.95 bits per heavy atom. The van der Waals surface area contributed by atoms with E-state index in [1.54, 1.807) is 36.4 Å². The molecule has 112 valence electrons. The fraction of sp³-hybridized carbons (Fsp3) is 0.143. The first kappa shape index (κ1) is 15.6. The number of anilines is 1. The summed E-state index contributed by atoms with van der Waals surface area (Å²) in [5, 5.41) is 0.318. The second-order valence-corrected chi connectivity index (χ2v) is 6.33. The van der Waals surface area contributed by atoms with Crippen molar-refractivity contribution in [3.8, 4) is 5.75 Å². The molecule has 0 bridgehead atoms. The first-order chi connectivity index (χ1) is 9.97. The molecule has 2 aromatic rings. The van der Waals surface area contributed by atoms with Crippen LogP contribution in [0.25, 0.3) is 0 Å². The highest BCUT2D eigenvalue weighted by molar-refractivity contribution is 7.92. The molecule has 0 radical (unpaired) electrons. The average Bonchev–Trinajstić information content (AvgIpc) is 2.48. The van der Waals surface area contributed by atoms with Crippen molar-refractivity contribution in [3.05, 3.63) is 53.1 Å². The van der Waals surface area contributed by atoms with Gasteiger partial charge in [-0.3, -0.25) is 4.72 Å². The minimum absolute atomic E-state index is 0.0297. The van der Waals surface area contributed by atoms with Gasteiger partial charge in [0.15, 0.2) is 0 Å². The van der Waals surface area contributed by atoms with Crippen LogP contribution in [-0.4, -0.2) is 15.5 Å². The Morgan fingerprint density at radius 1 is 1.24 bits per heavy atom. The molecule has 2 aromatic carbocycles. The lowest BCUT2D eigenvalue weighted by atomic mass is 10.2. The molecular formula is C14H15ClN2O3S. The summed E-state index contributed by atoms with van der Waals surface area (Å²) in [5.74, 6) is 0.234. The summed E-state index contributed by atoms with van der Waals surface area (Å²) in [5.41, 5.74) is 6.63. The summed E-state index contributed by atoms with van der Waals surface area (Å²) in [6, 6.07) is 11.3. The van der Waals surface area contributed by atoms with E-state index in [4.69, 9.17) is 22.1 Å². The number of benzene rings is 2. The molecule has 0 heterocycles. The Morgan fingerprint density at radius 3 is 2.57 bits per heavy atom. The molecule has 0 aromatic heterocycles. The summed E-state index contributed by atoms with van der Waals surface area (Å²) in [7, 11) is -2.40. The third-order valence-corrected chi connectivity index (χ3v) is 4.61. The number of nitrogens with one attached hydrogen (secondary N) is 1. The van der Waals surface area contributed by atoms with Crippen LogP contribution in [0.15, 0.2) is 47.4 Å². The lowest BCUT2D eigenvalue weighted by Crippen LogP contribution is -2.14. The van der Waals surface area contributed by atoms with Gasteiger partial charge in [-0.05, 0) is 29.8 Å². The Hall–Kier alpha value is -1.76. The molecule has 0 atom stereocenters. The van der Waals surface area contributed by atoms with Crippen molar-refractivity contribution in [2.24, 2.45) is 5.73 Å². The molecule has 0 unspecified atom stereocenters. The zero-order valence-electron chi connectivity index (χ0n) is 11.3. The van der Waals surface area contributed by atoms with Crippen LogP contribution in [0.4, 0.5) is 5.69 Å². The van der Waals surface area contributed by atoms with Crippen LogP contribution < -0.4 is 15.2 Å². The van der Waals surface area contributed by atoms with Crippen LogP contribution in [-0.2, 0) is 16.6 Å². The monoisotopic (exact) mass is 326 g/mol. The Balaban J connectivity index is 2.42. The summed E-state index contributed by atoms with van der Waals surface area (Å²) >= 11 is 5.96. The maximum atomic E-state index is 12.5. The molecule has 3 N–H and O–H groups in total. The fourth-order valence-electron chi connectivity index (χ4n) is 1.80. The lowest BCUT2D eigenvalue weighted by molar-refractivity contribution is 0.402. The molecule has 5 nitrogen and oxygen atoms in total. The number of nitrogens with two attached hydrogens (primary N) is 1. The van der Waals surface area contributed by atoms with Gasteiger partial charge in [-0.2, -0.15) is 0 Å². The Kier molecular flexibility index (Phi) is 4.72. The first-order valence-electron chi connectivity index (χ1n) is 6.12. The predicted octanol–water partition coefficient (Wildman–Crippen LogP) is 2.61. The van der Waals surface area contributed by atoms with Crippen LogP contribution in [0, 0.1) is 0 Å². The number of hydrogen-bond donors (Lipinski definition) is 2. The van der Waals surface area contributed by atoms with E-state index >= 15 is 0 Å². The quantitative estimate of drug-likeness (QED) is 0.885. The number of para-hydroxylation sites is 1. The summed E-state index contributed by atoms with van der Waals surface area (Å²) < 4.78 is 32.5. The number of halogens is 1. The SMILES string of the molecule is COc1cc(CN)ccc1S(=O)(=O)Nc1ccccc1Cl. The number of rotatable bonds is 5. The Bertz CT molecular complexity index is 748. The largest absolute Gasteiger partial charge is 0.495 e. The number of sulfonamides is 1. The van der Waals surface area contributed by atoms with Crippen molar-refractivity contribution in [2.45, 2.75) is 11.4 Å². The molecular weight excluding hydrogens is 312 g/mol. The minimum atomic E-state index is -3.80. The highest BCUT2D eigenvalue weighted by Crippen LogP contribution is 2.29. The maximum Gasteiger partial charge on any atom is 0.265 e. The Labute approximate surface area is 128 Å². The third kappa shape index (κ3) is 3.47. The van der Waals surface area contributed by atoms with E-state index in [1.807, 2.05) is 0 Å². The number of methoxy groups -OCH3 is 1. The number of hydrogen-bond acceptors (Lipinski definition) is 4. The van der Waals surface area contributed by atoms with Gasteiger partial charge in [0.25, 0.3) is 10.0 Å². The van der Waals surface area contributed by atoms with Gasteiger partial charge < -0.3 is 10.5 Å². The summed E-state index contributed by atoms with van der Waals surface area (Å²) in [6.07, 6.45) is 0. The molecule has 0 saturated heterocycles. The maximum absolute atomic E-state index is 12.5. The predicted molar refractivity (Wildman–Crippen MR) is 83.1 cm³/mol. The van der Waals surface area contributed by atoms with E-state index < -0.39 is 10.0 Å². The molecule has 0 saturated carbocycles. The fourth-order valence-corrected chi connectivity index (χ4v) is 3.28. The molecule has 0 aliphatic heterocycles. The number of ether oxygens (including phenoxy) is 1. The summed E-state index contributed by atoms with van der Waals surface area (Å²) in [4.78, 5) is 0.0297. The summed E-state index contributed by atoms with van der Waals surface area (Å²) in [6.45, 7) is 0.300. The van der Waals surface area contributed by atoms with Gasteiger partial charge in [0.2, 0.25) is 0 Å². The molecule has 2 rings (SSSR count). The van der Waals surface area contributed by atoms with E-state index in [1.165, 1.54) is 13.2 Å². The highest BCUT2D eigenvalue weighted by atomic mass is 35.5. The molecule has 21 heavy (non-hydrogen) atoms. The van der Waals surface area contributed by atoms with Crippen LogP contribution >= 0.6 is 11.6 Å². The van der Waals surface area contributed by atoms with Crippen molar-refractivity contribution >= 4 is 27.3 Å². The van der Waals surface area contributed by atoms with Gasteiger partial charge in [0.05, 0.1) is 17.8 Å². The second kappa shape index (κ2) is 6.34. The second-order valence-electron chi connectivity index (χ2n) is 4.27. The standard InChI is InChI=1S/C14H15ClN2O3S/c1-20-13-8-10(9-16)6-7-14(13)21(18,19)17-12-5-3-2-4-11(12)15/h2-8,17H,9,16H2,1H3. The van der Waals surface area contributed by atoms with Crippen LogP contribution in [0.1, 0.15) is 5.56 Å². The van der Waals surface area contributed by atoms with E-state index in [-0.39, 0.29) is 10.6 Å². The molecule has 0 amide bonds. The molecule has 0 aliphatic carbocycles. The molecule has 7 heteroatoms. The topological polar surface area (TPSA) is 81.4 Å². The smallest absolute Gasteiger partial charge is 0.265 e. The van der Waals surface area contributed by atoms with Crippen molar-refractivity contribution in [3.63, 3.8) is 0 Å². The van der Waals surface area contributed by atoms with Crippen molar-refractivity contribution in [1.29, 1.82) is 0 Å². The van der Waals surface area contributed by atoms with Gasteiger partial charge in [0.1, 0.15) is 10.6 Å². The van der Waals surface area contributed by atoms with Crippen LogP contribution in [0.3, 0.4) is 0 Å². The van der Waals surface area contributed by atoms with E-state index in [0.717, 1.165) is 5.56 Å². The van der Waals surface area contributed by atoms with Crippen LogP contribution in [0.2, 0.25) is 5.02 Å². The average molecular weight is 327 g/mol. The van der Waals surface area contributed by atoms with E-state index in [0.29, 0.717) is 17.3 Å². The normalized spacial score (nSPS) is 11.2. The van der Waals surface area contributed by atoms with Crippen molar-refractivity contribution < 1.29 is 13.2 Å². The van der Waals surface area contributed by atoms with E-state index in [9.17, 15) is 8.42 Å². The third-order valence-electron chi connectivity index (χ3n) is 2.87. The molecule has 0 aliphatic rings. The minimum Gasteiger partial charge on any atom is -0.495 e. The van der Waals surface area contributed by atoms with E-state index in [2.05, 4.69) is 4.72 Å². The van der Waals surface area contributed by atoms with Crippen LogP contribution in [0.5, 0.6) is 5.75 Å². The van der Waals surface area contributed by atoms with Gasteiger partial charge >= 0.3 is 0 Å².